The summed E-state index contributed by atoms with van der Waals surface area (Å²) in [5, 5.41) is 6.80. The van der Waals surface area contributed by atoms with Gasteiger partial charge in [-0.05, 0) is 50.9 Å². The Labute approximate surface area is 124 Å². The minimum atomic E-state index is -0.0576. The zero-order valence-corrected chi connectivity index (χ0v) is 13.5. The Morgan fingerprint density at radius 1 is 1.05 bits per heavy atom. The van der Waals surface area contributed by atoms with Gasteiger partial charge in [0, 0.05) is 12.1 Å². The molecule has 2 aliphatic rings. The molecule has 0 aromatic heterocycles. The Morgan fingerprint density at radius 2 is 1.75 bits per heavy atom. The lowest BCUT2D eigenvalue weighted by molar-refractivity contribution is -0.124. The van der Waals surface area contributed by atoms with E-state index in [9.17, 15) is 4.79 Å². The highest BCUT2D eigenvalue weighted by Gasteiger charge is 2.28. The smallest absolute Gasteiger partial charge is 0.237 e. The van der Waals surface area contributed by atoms with Crippen LogP contribution in [0.25, 0.3) is 0 Å². The Hall–Kier alpha value is -0.570. The Bertz CT molecular complexity index is 312. The second-order valence-corrected chi connectivity index (χ2v) is 7.23. The third-order valence-corrected chi connectivity index (χ3v) is 5.24. The van der Waals surface area contributed by atoms with Crippen LogP contribution in [0.4, 0.5) is 0 Å². The van der Waals surface area contributed by atoms with E-state index in [0.29, 0.717) is 18.0 Å². The molecule has 2 fully saturated rings. The van der Waals surface area contributed by atoms with Crippen molar-refractivity contribution in [1.29, 1.82) is 0 Å². The highest BCUT2D eigenvalue weighted by Crippen LogP contribution is 2.28. The van der Waals surface area contributed by atoms with Gasteiger partial charge in [0.05, 0.1) is 6.04 Å². The van der Waals surface area contributed by atoms with Crippen molar-refractivity contribution >= 4 is 5.91 Å². The summed E-state index contributed by atoms with van der Waals surface area (Å²) in [5.41, 5.74) is 0. The van der Waals surface area contributed by atoms with Crippen LogP contribution in [-0.4, -0.2) is 24.0 Å². The van der Waals surface area contributed by atoms with Crippen molar-refractivity contribution in [3.05, 3.63) is 0 Å². The van der Waals surface area contributed by atoms with E-state index >= 15 is 0 Å². The van der Waals surface area contributed by atoms with Crippen molar-refractivity contribution in [3.63, 3.8) is 0 Å². The molecular formula is C17H32N2O. The Morgan fingerprint density at radius 3 is 2.40 bits per heavy atom. The van der Waals surface area contributed by atoms with Gasteiger partial charge in [-0.25, -0.2) is 0 Å². The fourth-order valence-corrected chi connectivity index (χ4v) is 3.88. The number of amides is 1. The van der Waals surface area contributed by atoms with Crippen LogP contribution in [-0.2, 0) is 4.79 Å². The van der Waals surface area contributed by atoms with E-state index in [-0.39, 0.29) is 11.9 Å². The van der Waals surface area contributed by atoms with E-state index in [4.69, 9.17) is 0 Å². The standard InChI is InChI=1S/C17H32N2O/c1-12-9-10-16(13(2)11-12)18-14(3)17(20)19-15-7-5-4-6-8-15/h12-16,18H,4-11H2,1-3H3,(H,19,20). The molecule has 0 bridgehead atoms. The molecule has 20 heavy (non-hydrogen) atoms. The third kappa shape index (κ3) is 4.47. The molecular weight excluding hydrogens is 248 g/mol. The topological polar surface area (TPSA) is 41.1 Å². The number of nitrogens with one attached hydrogen (secondary N) is 2. The largest absolute Gasteiger partial charge is 0.352 e. The number of hydrogen-bond donors (Lipinski definition) is 2. The molecule has 0 spiro atoms. The second-order valence-electron chi connectivity index (χ2n) is 7.23. The SMILES string of the molecule is CC1CCC(NC(C)C(=O)NC2CCCCC2)C(C)C1. The highest BCUT2D eigenvalue weighted by atomic mass is 16.2. The summed E-state index contributed by atoms with van der Waals surface area (Å²) >= 11 is 0. The maximum Gasteiger partial charge on any atom is 0.237 e. The summed E-state index contributed by atoms with van der Waals surface area (Å²) in [7, 11) is 0. The number of hydrogen-bond acceptors (Lipinski definition) is 2. The molecule has 3 nitrogen and oxygen atoms in total. The fourth-order valence-electron chi connectivity index (χ4n) is 3.88. The van der Waals surface area contributed by atoms with E-state index in [1.807, 2.05) is 6.92 Å². The van der Waals surface area contributed by atoms with Crippen LogP contribution in [0.2, 0.25) is 0 Å². The Balaban J connectivity index is 1.75. The zero-order valence-electron chi connectivity index (χ0n) is 13.5. The lowest BCUT2D eigenvalue weighted by Crippen LogP contribution is -2.52. The normalized spacial score (nSPS) is 33.6. The van der Waals surface area contributed by atoms with Gasteiger partial charge in [0.1, 0.15) is 0 Å². The van der Waals surface area contributed by atoms with E-state index in [2.05, 4.69) is 24.5 Å². The molecule has 0 aromatic rings. The van der Waals surface area contributed by atoms with Crippen LogP contribution in [0.15, 0.2) is 0 Å². The number of carbonyl (C=O) groups excluding carboxylic acids is 1. The summed E-state index contributed by atoms with van der Waals surface area (Å²) in [6.07, 6.45) is 9.98. The molecule has 2 rings (SSSR count). The van der Waals surface area contributed by atoms with Gasteiger partial charge in [0.25, 0.3) is 0 Å². The van der Waals surface area contributed by atoms with Gasteiger partial charge in [-0.15, -0.1) is 0 Å². The van der Waals surface area contributed by atoms with Crippen molar-refractivity contribution in [1.82, 2.24) is 10.6 Å². The molecule has 0 radical (unpaired) electrons. The van der Waals surface area contributed by atoms with Crippen LogP contribution < -0.4 is 10.6 Å². The van der Waals surface area contributed by atoms with Gasteiger partial charge in [-0.3, -0.25) is 4.79 Å². The van der Waals surface area contributed by atoms with E-state index < -0.39 is 0 Å². The first kappa shape index (κ1) is 15.8. The number of rotatable bonds is 4. The predicted octanol–water partition coefficient (Wildman–Crippen LogP) is 3.24. The monoisotopic (exact) mass is 280 g/mol. The minimum absolute atomic E-state index is 0.0576. The van der Waals surface area contributed by atoms with Gasteiger partial charge in [0.15, 0.2) is 0 Å². The first-order chi connectivity index (χ1) is 9.56. The lowest BCUT2D eigenvalue weighted by atomic mass is 9.79. The molecule has 0 aromatic carbocycles. The Kier molecular flexibility index (Phi) is 5.88. The summed E-state index contributed by atoms with van der Waals surface area (Å²) in [4.78, 5) is 12.3. The van der Waals surface area contributed by atoms with Crippen LogP contribution in [0, 0.1) is 11.8 Å². The van der Waals surface area contributed by atoms with E-state index in [0.717, 1.165) is 18.8 Å². The van der Waals surface area contributed by atoms with E-state index in [1.54, 1.807) is 0 Å². The van der Waals surface area contributed by atoms with Gasteiger partial charge in [-0.1, -0.05) is 33.1 Å². The van der Waals surface area contributed by atoms with Crippen LogP contribution in [0.1, 0.15) is 72.1 Å². The summed E-state index contributed by atoms with van der Waals surface area (Å²) < 4.78 is 0. The third-order valence-electron chi connectivity index (χ3n) is 5.24. The highest BCUT2D eigenvalue weighted by molar-refractivity contribution is 5.81. The van der Waals surface area contributed by atoms with Crippen molar-refractivity contribution in [2.24, 2.45) is 11.8 Å². The minimum Gasteiger partial charge on any atom is -0.352 e. The first-order valence-electron chi connectivity index (χ1n) is 8.62. The molecule has 2 saturated carbocycles. The summed E-state index contributed by atoms with van der Waals surface area (Å²) in [5.74, 6) is 1.72. The molecule has 1 amide bonds. The molecule has 4 unspecified atom stereocenters. The van der Waals surface area contributed by atoms with Crippen LogP contribution in [0.3, 0.4) is 0 Å². The second kappa shape index (κ2) is 7.44. The fraction of sp³-hybridized carbons (Fsp3) is 0.941. The van der Waals surface area contributed by atoms with Crippen molar-refractivity contribution in [2.75, 3.05) is 0 Å². The predicted molar refractivity (Wildman–Crippen MR) is 83.6 cm³/mol. The van der Waals surface area contributed by atoms with Gasteiger partial charge in [0.2, 0.25) is 5.91 Å². The molecule has 0 heterocycles. The average molecular weight is 280 g/mol. The lowest BCUT2D eigenvalue weighted by Gasteiger charge is -2.35. The molecule has 0 saturated heterocycles. The zero-order chi connectivity index (χ0) is 14.5. The van der Waals surface area contributed by atoms with Gasteiger partial charge >= 0.3 is 0 Å². The van der Waals surface area contributed by atoms with Crippen molar-refractivity contribution < 1.29 is 4.79 Å². The molecule has 4 atom stereocenters. The maximum atomic E-state index is 12.3. The maximum absolute atomic E-state index is 12.3. The number of carbonyl (C=O) groups is 1. The summed E-state index contributed by atoms with van der Waals surface area (Å²) in [6, 6.07) is 0.875. The molecule has 0 aliphatic heterocycles. The van der Waals surface area contributed by atoms with E-state index in [1.165, 1.54) is 38.5 Å². The molecule has 2 N–H and O–H groups in total. The van der Waals surface area contributed by atoms with Crippen molar-refractivity contribution in [3.8, 4) is 0 Å². The van der Waals surface area contributed by atoms with Gasteiger partial charge in [-0.2, -0.15) is 0 Å². The molecule has 2 aliphatic carbocycles. The van der Waals surface area contributed by atoms with Crippen molar-refractivity contribution in [2.45, 2.75) is 90.3 Å². The molecule has 3 heteroatoms. The van der Waals surface area contributed by atoms with Gasteiger partial charge < -0.3 is 10.6 Å². The molecule has 116 valence electrons. The van der Waals surface area contributed by atoms with Crippen LogP contribution >= 0.6 is 0 Å². The quantitative estimate of drug-likeness (QED) is 0.830. The summed E-state index contributed by atoms with van der Waals surface area (Å²) in [6.45, 7) is 6.67. The first-order valence-corrected chi connectivity index (χ1v) is 8.62. The van der Waals surface area contributed by atoms with Crippen LogP contribution in [0.5, 0.6) is 0 Å². The average Bonchev–Trinajstić information content (AvgIpc) is 2.43.